The summed E-state index contributed by atoms with van der Waals surface area (Å²) in [5.74, 6) is -0.945. The summed E-state index contributed by atoms with van der Waals surface area (Å²) in [5.41, 5.74) is 7.29. The largest absolute Gasteiger partial charge is 0.416 e. The molecule has 2 N–H and O–H groups in total. The van der Waals surface area contributed by atoms with Crippen molar-refractivity contribution in [2.24, 2.45) is 5.73 Å². The minimum absolute atomic E-state index is 0.0488. The van der Waals surface area contributed by atoms with Gasteiger partial charge in [-0.2, -0.15) is 13.2 Å². The van der Waals surface area contributed by atoms with E-state index in [-0.39, 0.29) is 18.0 Å². The van der Waals surface area contributed by atoms with Gasteiger partial charge in [0.2, 0.25) is 5.91 Å². The van der Waals surface area contributed by atoms with Crippen molar-refractivity contribution in [3.8, 4) is 0 Å². The first-order valence-corrected chi connectivity index (χ1v) is 10.2. The molecule has 0 bridgehead atoms. The van der Waals surface area contributed by atoms with E-state index in [1.54, 1.807) is 59.5 Å². The van der Waals surface area contributed by atoms with Crippen LogP contribution in [-0.2, 0) is 19.1 Å². The first kappa shape index (κ1) is 21.6. The molecule has 1 aliphatic rings. The molecule has 0 heterocycles. The zero-order valence-corrected chi connectivity index (χ0v) is 17.1. The average molecular weight is 438 g/mol. The second-order valence-corrected chi connectivity index (χ2v) is 7.79. The Kier molecular flexibility index (Phi) is 5.74. The molecule has 0 radical (unpaired) electrons. The van der Waals surface area contributed by atoms with E-state index in [1.807, 2.05) is 0 Å². The van der Waals surface area contributed by atoms with E-state index in [4.69, 9.17) is 5.73 Å². The SMILES string of the molecule is NC(=O)c1ccccc1CN(C(=O)c1ccccc1)[C@@H]1CCc2ccc(C(F)(F)F)cc21. The summed E-state index contributed by atoms with van der Waals surface area (Å²) in [7, 11) is 0. The Morgan fingerprint density at radius 3 is 2.34 bits per heavy atom. The minimum Gasteiger partial charge on any atom is -0.366 e. The lowest BCUT2D eigenvalue weighted by Gasteiger charge is -2.31. The Bertz CT molecular complexity index is 1160. The highest BCUT2D eigenvalue weighted by atomic mass is 19.4. The van der Waals surface area contributed by atoms with Gasteiger partial charge < -0.3 is 10.6 Å². The van der Waals surface area contributed by atoms with Crippen molar-refractivity contribution in [3.05, 3.63) is 106 Å². The van der Waals surface area contributed by atoms with Gasteiger partial charge in [0.25, 0.3) is 5.91 Å². The van der Waals surface area contributed by atoms with Crippen molar-refractivity contribution in [2.45, 2.75) is 31.6 Å². The minimum atomic E-state index is -4.48. The number of hydrogen-bond donors (Lipinski definition) is 1. The van der Waals surface area contributed by atoms with E-state index in [0.717, 1.165) is 17.7 Å². The van der Waals surface area contributed by atoms with Crippen LogP contribution in [0.2, 0.25) is 0 Å². The second-order valence-electron chi connectivity index (χ2n) is 7.79. The van der Waals surface area contributed by atoms with Crippen LogP contribution in [0, 0.1) is 0 Å². The number of alkyl halides is 3. The number of halogens is 3. The summed E-state index contributed by atoms with van der Waals surface area (Å²) in [4.78, 5) is 27.0. The number of carbonyl (C=O) groups excluding carboxylic acids is 2. The van der Waals surface area contributed by atoms with Gasteiger partial charge in [-0.3, -0.25) is 9.59 Å². The molecular weight excluding hydrogens is 417 g/mol. The summed E-state index contributed by atoms with van der Waals surface area (Å²) >= 11 is 0. The lowest BCUT2D eigenvalue weighted by atomic mass is 10.00. The fourth-order valence-corrected chi connectivity index (χ4v) is 4.23. The van der Waals surface area contributed by atoms with E-state index in [0.29, 0.717) is 29.5 Å². The Morgan fingerprint density at radius 2 is 1.66 bits per heavy atom. The third-order valence-corrected chi connectivity index (χ3v) is 5.80. The summed E-state index contributed by atoms with van der Waals surface area (Å²) in [6.07, 6.45) is -3.42. The molecule has 0 saturated carbocycles. The molecule has 0 aromatic heterocycles. The van der Waals surface area contributed by atoms with Crippen LogP contribution in [0.15, 0.2) is 72.8 Å². The topological polar surface area (TPSA) is 63.4 Å². The molecule has 164 valence electrons. The maximum absolute atomic E-state index is 13.5. The van der Waals surface area contributed by atoms with Gasteiger partial charge in [0, 0.05) is 17.7 Å². The van der Waals surface area contributed by atoms with Crippen molar-refractivity contribution in [1.82, 2.24) is 4.90 Å². The number of aryl methyl sites for hydroxylation is 1. The Hall–Kier alpha value is -3.61. The van der Waals surface area contributed by atoms with Gasteiger partial charge in [-0.1, -0.05) is 42.5 Å². The van der Waals surface area contributed by atoms with Crippen LogP contribution < -0.4 is 5.73 Å². The zero-order chi connectivity index (χ0) is 22.9. The predicted octanol–water partition coefficient (Wildman–Crippen LogP) is 5.13. The number of nitrogens with two attached hydrogens (primary N) is 1. The Labute approximate surface area is 183 Å². The number of fused-ring (bicyclic) bond motifs is 1. The van der Waals surface area contributed by atoms with Crippen molar-refractivity contribution < 1.29 is 22.8 Å². The molecule has 0 fully saturated rings. The molecule has 0 aliphatic heterocycles. The van der Waals surface area contributed by atoms with Crippen LogP contribution in [0.25, 0.3) is 0 Å². The van der Waals surface area contributed by atoms with Crippen molar-refractivity contribution in [2.75, 3.05) is 0 Å². The maximum atomic E-state index is 13.5. The number of amides is 2. The number of benzene rings is 3. The van der Waals surface area contributed by atoms with Crippen LogP contribution in [0.1, 0.15) is 55.4 Å². The van der Waals surface area contributed by atoms with Crippen molar-refractivity contribution in [3.63, 3.8) is 0 Å². The molecule has 4 nitrogen and oxygen atoms in total. The molecule has 1 atom stereocenters. The second kappa shape index (κ2) is 8.49. The van der Waals surface area contributed by atoms with E-state index >= 15 is 0 Å². The normalized spacial score (nSPS) is 15.3. The maximum Gasteiger partial charge on any atom is 0.416 e. The summed E-state index contributed by atoms with van der Waals surface area (Å²) in [6.45, 7) is 0.0488. The molecule has 4 rings (SSSR count). The Balaban J connectivity index is 1.78. The van der Waals surface area contributed by atoms with E-state index in [1.165, 1.54) is 6.07 Å². The van der Waals surface area contributed by atoms with Crippen LogP contribution in [0.5, 0.6) is 0 Å². The monoisotopic (exact) mass is 438 g/mol. The molecule has 32 heavy (non-hydrogen) atoms. The fourth-order valence-electron chi connectivity index (χ4n) is 4.23. The van der Waals surface area contributed by atoms with Crippen LogP contribution in [-0.4, -0.2) is 16.7 Å². The highest BCUT2D eigenvalue weighted by molar-refractivity contribution is 5.96. The third kappa shape index (κ3) is 4.23. The number of nitrogens with zero attached hydrogens (tertiary/aromatic N) is 1. The summed E-state index contributed by atoms with van der Waals surface area (Å²) in [5, 5.41) is 0. The van der Waals surface area contributed by atoms with Gasteiger partial charge in [0.15, 0.2) is 0 Å². The van der Waals surface area contributed by atoms with Crippen molar-refractivity contribution in [1.29, 1.82) is 0 Å². The number of rotatable bonds is 5. The van der Waals surface area contributed by atoms with Crippen LogP contribution in [0.4, 0.5) is 13.2 Å². The first-order valence-electron chi connectivity index (χ1n) is 10.2. The summed E-state index contributed by atoms with van der Waals surface area (Å²) < 4.78 is 40.1. The van der Waals surface area contributed by atoms with E-state index < -0.39 is 23.7 Å². The fraction of sp³-hybridized carbons (Fsp3) is 0.200. The Morgan fingerprint density at radius 1 is 0.969 bits per heavy atom. The van der Waals surface area contributed by atoms with Crippen LogP contribution >= 0.6 is 0 Å². The first-order chi connectivity index (χ1) is 15.3. The highest BCUT2D eigenvalue weighted by Crippen LogP contribution is 2.41. The third-order valence-electron chi connectivity index (χ3n) is 5.80. The average Bonchev–Trinajstić information content (AvgIpc) is 3.20. The molecule has 0 saturated heterocycles. The van der Waals surface area contributed by atoms with Crippen molar-refractivity contribution >= 4 is 11.8 Å². The van der Waals surface area contributed by atoms with Gasteiger partial charge in [-0.05, 0) is 59.9 Å². The molecule has 1 aliphatic carbocycles. The standard InChI is InChI=1S/C25H21F3N2O2/c26-25(27,28)19-12-10-16-11-13-22(21(16)14-19)30(24(32)17-6-2-1-3-7-17)15-18-8-4-5-9-20(18)23(29)31/h1-10,12,14,22H,11,13,15H2,(H2,29,31)/t22-/m1/s1. The smallest absolute Gasteiger partial charge is 0.366 e. The van der Waals surface area contributed by atoms with Gasteiger partial charge in [-0.25, -0.2) is 0 Å². The highest BCUT2D eigenvalue weighted by Gasteiger charge is 2.36. The quantitative estimate of drug-likeness (QED) is 0.600. The van der Waals surface area contributed by atoms with Gasteiger partial charge >= 0.3 is 6.18 Å². The van der Waals surface area contributed by atoms with E-state index in [9.17, 15) is 22.8 Å². The van der Waals surface area contributed by atoms with Crippen LogP contribution in [0.3, 0.4) is 0 Å². The molecule has 7 heteroatoms. The molecule has 0 unspecified atom stereocenters. The molecular formula is C25H21F3N2O2. The van der Waals surface area contributed by atoms with Gasteiger partial charge in [-0.15, -0.1) is 0 Å². The van der Waals surface area contributed by atoms with Gasteiger partial charge in [0.1, 0.15) is 0 Å². The zero-order valence-electron chi connectivity index (χ0n) is 17.1. The molecule has 3 aromatic carbocycles. The number of primary amides is 1. The molecule has 0 spiro atoms. The molecule has 3 aromatic rings. The number of carbonyl (C=O) groups is 2. The number of hydrogen-bond acceptors (Lipinski definition) is 2. The lowest BCUT2D eigenvalue weighted by Crippen LogP contribution is -2.34. The predicted molar refractivity (Wildman–Crippen MR) is 114 cm³/mol. The van der Waals surface area contributed by atoms with E-state index in [2.05, 4.69) is 0 Å². The van der Waals surface area contributed by atoms with Gasteiger partial charge in [0.05, 0.1) is 11.6 Å². The lowest BCUT2D eigenvalue weighted by molar-refractivity contribution is -0.137. The molecule has 2 amide bonds. The summed E-state index contributed by atoms with van der Waals surface area (Å²) in [6, 6.07) is 18.4.